The van der Waals surface area contributed by atoms with E-state index in [9.17, 15) is 13.6 Å². The molecule has 0 unspecified atom stereocenters. The molecule has 0 radical (unpaired) electrons. The first kappa shape index (κ1) is 12.4. The monoisotopic (exact) mass is 270 g/mol. The highest BCUT2D eigenvalue weighted by Gasteiger charge is 2.14. The summed E-state index contributed by atoms with van der Waals surface area (Å²) >= 11 is 1.37. The Balaban J connectivity index is 2.20. The van der Waals surface area contributed by atoms with Crippen LogP contribution in [0.2, 0.25) is 0 Å². The van der Waals surface area contributed by atoms with E-state index in [0.29, 0.717) is 5.69 Å². The van der Waals surface area contributed by atoms with Gasteiger partial charge in [-0.1, -0.05) is 0 Å². The molecule has 0 amide bonds. The summed E-state index contributed by atoms with van der Waals surface area (Å²) in [7, 11) is 0. The van der Waals surface area contributed by atoms with Crippen molar-refractivity contribution in [3.8, 4) is 0 Å². The van der Waals surface area contributed by atoms with Crippen LogP contribution in [-0.4, -0.2) is 16.1 Å². The molecule has 94 valence electrons. The van der Waals surface area contributed by atoms with Gasteiger partial charge in [0.25, 0.3) is 0 Å². The van der Waals surface area contributed by atoms with Crippen molar-refractivity contribution in [1.82, 2.24) is 4.98 Å². The fraction of sp³-hybridized carbons (Fsp3) is 0.0909. The fourth-order valence-electron chi connectivity index (χ4n) is 1.37. The van der Waals surface area contributed by atoms with Crippen LogP contribution >= 0.6 is 11.3 Å². The second-order valence-corrected chi connectivity index (χ2v) is 4.17. The minimum absolute atomic E-state index is 0.170. The first-order valence-electron chi connectivity index (χ1n) is 4.91. The van der Waals surface area contributed by atoms with Crippen molar-refractivity contribution in [3.05, 3.63) is 45.9 Å². The Morgan fingerprint density at radius 1 is 1.39 bits per heavy atom. The van der Waals surface area contributed by atoms with Gasteiger partial charge in [0.15, 0.2) is 0 Å². The molecule has 4 nitrogen and oxygen atoms in total. The van der Waals surface area contributed by atoms with E-state index in [2.05, 4.69) is 10.3 Å². The SMILES string of the molecule is O=C(O)c1cc(F)c(NCc2cscn2)c(F)c1. The number of thiazole rings is 1. The molecule has 0 bridgehead atoms. The molecule has 0 aliphatic heterocycles. The van der Waals surface area contributed by atoms with Crippen molar-refractivity contribution in [2.45, 2.75) is 6.54 Å². The molecule has 0 aliphatic carbocycles. The number of carboxylic acids is 1. The van der Waals surface area contributed by atoms with Gasteiger partial charge in [-0.05, 0) is 12.1 Å². The molecular formula is C11H8F2N2O2S. The Hall–Kier alpha value is -2.02. The van der Waals surface area contributed by atoms with Gasteiger partial charge in [-0.15, -0.1) is 11.3 Å². The average Bonchev–Trinajstić information content (AvgIpc) is 2.80. The molecule has 2 aromatic rings. The Morgan fingerprint density at radius 2 is 2.06 bits per heavy atom. The van der Waals surface area contributed by atoms with Crippen molar-refractivity contribution in [1.29, 1.82) is 0 Å². The lowest BCUT2D eigenvalue weighted by Crippen LogP contribution is -2.06. The molecule has 0 aliphatic rings. The molecule has 18 heavy (non-hydrogen) atoms. The molecular weight excluding hydrogens is 262 g/mol. The highest BCUT2D eigenvalue weighted by atomic mass is 32.1. The van der Waals surface area contributed by atoms with Crippen LogP contribution in [0.1, 0.15) is 16.1 Å². The second-order valence-electron chi connectivity index (χ2n) is 3.45. The summed E-state index contributed by atoms with van der Waals surface area (Å²) in [6, 6.07) is 1.55. The number of nitrogens with one attached hydrogen (secondary N) is 1. The number of carboxylic acid groups (broad SMARTS) is 1. The summed E-state index contributed by atoms with van der Waals surface area (Å²) in [6.45, 7) is 0.170. The van der Waals surface area contributed by atoms with E-state index in [0.717, 1.165) is 12.1 Å². The lowest BCUT2D eigenvalue weighted by Gasteiger charge is -2.08. The first-order valence-corrected chi connectivity index (χ1v) is 5.85. The van der Waals surface area contributed by atoms with Gasteiger partial charge in [0, 0.05) is 5.38 Å². The summed E-state index contributed by atoms with van der Waals surface area (Å²) in [5.41, 5.74) is 1.48. The average molecular weight is 270 g/mol. The van der Waals surface area contributed by atoms with Crippen LogP contribution in [0.3, 0.4) is 0 Å². The van der Waals surface area contributed by atoms with Gasteiger partial charge in [0.05, 0.1) is 23.3 Å². The zero-order valence-electron chi connectivity index (χ0n) is 8.98. The van der Waals surface area contributed by atoms with E-state index < -0.39 is 23.2 Å². The maximum Gasteiger partial charge on any atom is 0.335 e. The van der Waals surface area contributed by atoms with Gasteiger partial charge >= 0.3 is 5.97 Å². The number of halogens is 2. The van der Waals surface area contributed by atoms with Crippen LogP contribution in [0.25, 0.3) is 0 Å². The summed E-state index contributed by atoms with van der Waals surface area (Å²) in [5.74, 6) is -3.26. The molecule has 0 spiro atoms. The number of hydrogen-bond acceptors (Lipinski definition) is 4. The minimum atomic E-state index is -1.38. The number of aromatic nitrogens is 1. The smallest absolute Gasteiger partial charge is 0.335 e. The standard InChI is InChI=1S/C11H8F2N2O2S/c12-8-1-6(11(16)17)2-9(13)10(8)14-3-7-4-18-5-15-7/h1-2,4-5,14H,3H2,(H,16,17). The van der Waals surface area contributed by atoms with Gasteiger partial charge in [0.1, 0.15) is 17.3 Å². The topological polar surface area (TPSA) is 62.2 Å². The summed E-state index contributed by atoms with van der Waals surface area (Å²) < 4.78 is 27.0. The molecule has 0 atom stereocenters. The Labute approximate surface area is 105 Å². The van der Waals surface area contributed by atoms with Crippen LogP contribution < -0.4 is 5.32 Å². The van der Waals surface area contributed by atoms with E-state index in [4.69, 9.17) is 5.11 Å². The summed E-state index contributed by atoms with van der Waals surface area (Å²) in [6.07, 6.45) is 0. The maximum atomic E-state index is 13.5. The van der Waals surface area contributed by atoms with Crippen LogP contribution in [-0.2, 0) is 6.54 Å². The highest BCUT2D eigenvalue weighted by Crippen LogP contribution is 2.21. The normalized spacial score (nSPS) is 10.3. The summed E-state index contributed by atoms with van der Waals surface area (Å²) in [4.78, 5) is 14.6. The Bertz CT molecular complexity index is 549. The number of aromatic carboxylic acids is 1. The minimum Gasteiger partial charge on any atom is -0.478 e. The van der Waals surface area contributed by atoms with Crippen molar-refractivity contribution in [2.24, 2.45) is 0 Å². The van der Waals surface area contributed by atoms with Crippen molar-refractivity contribution in [3.63, 3.8) is 0 Å². The number of benzene rings is 1. The highest BCUT2D eigenvalue weighted by molar-refractivity contribution is 7.07. The van der Waals surface area contributed by atoms with Crippen molar-refractivity contribution in [2.75, 3.05) is 5.32 Å². The molecule has 2 rings (SSSR count). The third kappa shape index (κ3) is 2.62. The molecule has 0 saturated carbocycles. The molecule has 0 fully saturated rings. The van der Waals surface area contributed by atoms with Gasteiger partial charge in [0.2, 0.25) is 0 Å². The van der Waals surface area contributed by atoms with Crippen LogP contribution in [0.15, 0.2) is 23.0 Å². The molecule has 1 aromatic carbocycles. The van der Waals surface area contributed by atoms with Gasteiger partial charge in [-0.25, -0.2) is 18.6 Å². The number of anilines is 1. The number of carbonyl (C=O) groups is 1. The molecule has 7 heteroatoms. The van der Waals surface area contributed by atoms with E-state index in [1.165, 1.54) is 11.3 Å². The predicted octanol–water partition coefficient (Wildman–Crippen LogP) is 2.73. The van der Waals surface area contributed by atoms with Crippen molar-refractivity contribution >= 4 is 23.0 Å². The van der Waals surface area contributed by atoms with E-state index >= 15 is 0 Å². The number of nitrogens with zero attached hydrogens (tertiary/aromatic N) is 1. The fourth-order valence-corrected chi connectivity index (χ4v) is 1.93. The van der Waals surface area contributed by atoms with E-state index in [1.807, 2.05) is 0 Å². The van der Waals surface area contributed by atoms with Gasteiger partial charge in [-0.3, -0.25) is 0 Å². The van der Waals surface area contributed by atoms with E-state index in [-0.39, 0.29) is 12.2 Å². The van der Waals surface area contributed by atoms with Gasteiger partial charge < -0.3 is 10.4 Å². The van der Waals surface area contributed by atoms with E-state index in [1.54, 1.807) is 10.9 Å². The van der Waals surface area contributed by atoms with Gasteiger partial charge in [-0.2, -0.15) is 0 Å². The molecule has 2 N–H and O–H groups in total. The second kappa shape index (κ2) is 5.09. The molecule has 0 saturated heterocycles. The van der Waals surface area contributed by atoms with Crippen LogP contribution in [0.5, 0.6) is 0 Å². The Morgan fingerprint density at radius 3 is 2.56 bits per heavy atom. The molecule has 1 aromatic heterocycles. The quantitative estimate of drug-likeness (QED) is 0.896. The lowest BCUT2D eigenvalue weighted by molar-refractivity contribution is 0.0696. The van der Waals surface area contributed by atoms with Crippen LogP contribution in [0, 0.1) is 11.6 Å². The third-order valence-electron chi connectivity index (χ3n) is 2.22. The molecule has 1 heterocycles. The summed E-state index contributed by atoms with van der Waals surface area (Å²) in [5, 5.41) is 12.9. The lowest BCUT2D eigenvalue weighted by atomic mass is 10.2. The Kier molecular flexibility index (Phi) is 3.52. The third-order valence-corrected chi connectivity index (χ3v) is 2.85. The largest absolute Gasteiger partial charge is 0.478 e. The van der Waals surface area contributed by atoms with Crippen molar-refractivity contribution < 1.29 is 18.7 Å². The maximum absolute atomic E-state index is 13.5. The zero-order chi connectivity index (χ0) is 13.1. The number of rotatable bonds is 4. The predicted molar refractivity (Wildman–Crippen MR) is 62.8 cm³/mol. The first-order chi connectivity index (χ1) is 8.58. The zero-order valence-corrected chi connectivity index (χ0v) is 9.80. The number of hydrogen-bond donors (Lipinski definition) is 2. The van der Waals surface area contributed by atoms with Crippen LogP contribution in [0.4, 0.5) is 14.5 Å².